The van der Waals surface area contributed by atoms with Gasteiger partial charge in [-0.25, -0.2) is 13.2 Å². The third-order valence-corrected chi connectivity index (χ3v) is 6.41. The number of rotatable bonds is 7. The van der Waals surface area contributed by atoms with Crippen LogP contribution in [0.3, 0.4) is 0 Å². The molecule has 0 aliphatic rings. The van der Waals surface area contributed by atoms with Gasteiger partial charge in [-0.05, 0) is 65.7 Å². The lowest BCUT2D eigenvalue weighted by molar-refractivity contribution is 0.0526. The number of nitrogens with zero attached hydrogens (tertiary/aromatic N) is 1. The Kier molecular flexibility index (Phi) is 6.20. The number of carbonyl (C=O) groups is 1. The van der Waals surface area contributed by atoms with Crippen molar-refractivity contribution >= 4 is 26.8 Å². The highest BCUT2D eigenvalue weighted by Crippen LogP contribution is 2.24. The molecule has 0 amide bonds. The summed E-state index contributed by atoms with van der Waals surface area (Å²) >= 11 is 0. The third-order valence-electron chi connectivity index (χ3n) is 4.59. The summed E-state index contributed by atoms with van der Waals surface area (Å²) in [4.78, 5) is 11.9. The van der Waals surface area contributed by atoms with Gasteiger partial charge < -0.3 is 9.47 Å². The Labute approximate surface area is 170 Å². The molecule has 3 rings (SSSR count). The first-order valence-electron chi connectivity index (χ1n) is 9.15. The number of esters is 1. The summed E-state index contributed by atoms with van der Waals surface area (Å²) in [6.45, 7) is 2.21. The molecular formula is C22H23NO5S. The minimum atomic E-state index is -3.69. The highest BCUT2D eigenvalue weighted by Gasteiger charge is 2.21. The quantitative estimate of drug-likeness (QED) is 0.550. The molecular weight excluding hydrogens is 390 g/mol. The Hall–Kier alpha value is -2.90. The normalized spacial score (nSPS) is 11.6. The van der Waals surface area contributed by atoms with Crippen LogP contribution in [0.1, 0.15) is 22.8 Å². The van der Waals surface area contributed by atoms with Crippen LogP contribution in [0.15, 0.2) is 65.6 Å². The zero-order chi connectivity index (χ0) is 21.0. The van der Waals surface area contributed by atoms with Crippen LogP contribution in [0.25, 0.3) is 10.8 Å². The van der Waals surface area contributed by atoms with E-state index in [1.165, 1.54) is 35.6 Å². The Balaban J connectivity index is 1.79. The summed E-state index contributed by atoms with van der Waals surface area (Å²) in [6, 6.07) is 17.3. The van der Waals surface area contributed by atoms with Crippen LogP contribution >= 0.6 is 0 Å². The van der Waals surface area contributed by atoms with Gasteiger partial charge in [0.1, 0.15) is 5.75 Å². The Morgan fingerprint density at radius 3 is 2.28 bits per heavy atom. The zero-order valence-corrected chi connectivity index (χ0v) is 17.4. The molecule has 0 bridgehead atoms. The van der Waals surface area contributed by atoms with Crippen LogP contribution in [0.2, 0.25) is 0 Å². The van der Waals surface area contributed by atoms with Crippen molar-refractivity contribution < 1.29 is 22.7 Å². The molecule has 0 aliphatic heterocycles. The number of ether oxygens (including phenoxy) is 2. The van der Waals surface area contributed by atoms with E-state index in [4.69, 9.17) is 9.47 Å². The first-order chi connectivity index (χ1) is 13.8. The number of hydrogen-bond acceptors (Lipinski definition) is 5. The fourth-order valence-electron chi connectivity index (χ4n) is 3.00. The van der Waals surface area contributed by atoms with Gasteiger partial charge >= 0.3 is 5.97 Å². The highest BCUT2D eigenvalue weighted by molar-refractivity contribution is 7.89. The molecule has 0 N–H and O–H groups in total. The molecule has 29 heavy (non-hydrogen) atoms. The lowest BCUT2D eigenvalue weighted by Crippen LogP contribution is -2.26. The number of benzene rings is 3. The van der Waals surface area contributed by atoms with Crippen LogP contribution in [-0.2, 0) is 21.3 Å². The number of fused-ring (bicyclic) bond motifs is 1. The first-order valence-corrected chi connectivity index (χ1v) is 10.6. The van der Waals surface area contributed by atoms with Gasteiger partial charge in [-0.2, -0.15) is 4.31 Å². The minimum Gasteiger partial charge on any atom is -0.497 e. The second-order valence-corrected chi connectivity index (χ2v) is 8.60. The molecule has 3 aromatic rings. The Morgan fingerprint density at radius 1 is 0.966 bits per heavy atom. The van der Waals surface area contributed by atoms with Gasteiger partial charge in [0.2, 0.25) is 10.0 Å². The molecule has 6 nitrogen and oxygen atoms in total. The van der Waals surface area contributed by atoms with E-state index in [2.05, 4.69) is 0 Å². The molecule has 0 aliphatic carbocycles. The van der Waals surface area contributed by atoms with Crippen molar-refractivity contribution in [3.63, 3.8) is 0 Å². The predicted octanol–water partition coefficient (Wildman–Crippen LogP) is 3.85. The van der Waals surface area contributed by atoms with E-state index in [1.54, 1.807) is 14.0 Å². The second-order valence-electron chi connectivity index (χ2n) is 6.55. The van der Waals surface area contributed by atoms with E-state index in [-0.39, 0.29) is 18.0 Å². The summed E-state index contributed by atoms with van der Waals surface area (Å²) in [7, 11) is -0.540. The minimum absolute atomic E-state index is 0.124. The average Bonchev–Trinajstić information content (AvgIpc) is 2.73. The maximum Gasteiger partial charge on any atom is 0.338 e. The van der Waals surface area contributed by atoms with Gasteiger partial charge in [0.15, 0.2) is 0 Å². The van der Waals surface area contributed by atoms with E-state index in [0.29, 0.717) is 5.56 Å². The molecule has 0 fully saturated rings. The highest BCUT2D eigenvalue weighted by atomic mass is 32.2. The van der Waals surface area contributed by atoms with Crippen LogP contribution < -0.4 is 4.74 Å². The SMILES string of the molecule is CCOC(=O)c1ccc(S(=O)(=O)N(C)Cc2ccc3cc(OC)ccc3c2)cc1. The standard InChI is InChI=1S/C22H23NO5S/c1-4-28-22(24)17-8-11-21(12-9-17)29(25,26)23(2)15-16-5-6-19-14-20(27-3)10-7-18(19)13-16/h5-14H,4,15H2,1-3H3. The summed E-state index contributed by atoms with van der Waals surface area (Å²) in [5, 5.41) is 2.03. The molecule has 0 unspecified atom stereocenters. The molecule has 0 heterocycles. The molecule has 0 atom stereocenters. The van der Waals surface area contributed by atoms with Gasteiger partial charge in [0.25, 0.3) is 0 Å². The van der Waals surface area contributed by atoms with E-state index < -0.39 is 16.0 Å². The fourth-order valence-corrected chi connectivity index (χ4v) is 4.16. The summed E-state index contributed by atoms with van der Waals surface area (Å²) < 4.78 is 37.2. The number of sulfonamides is 1. The van der Waals surface area contributed by atoms with Crippen LogP contribution in [0.4, 0.5) is 0 Å². The third kappa shape index (κ3) is 4.58. The first kappa shape index (κ1) is 20.8. The van der Waals surface area contributed by atoms with Crippen molar-refractivity contribution in [2.45, 2.75) is 18.4 Å². The molecule has 7 heteroatoms. The largest absolute Gasteiger partial charge is 0.497 e. The smallest absolute Gasteiger partial charge is 0.338 e. The van der Waals surface area contributed by atoms with Crippen LogP contribution in [0, 0.1) is 0 Å². The number of methoxy groups -OCH3 is 1. The predicted molar refractivity (Wildman–Crippen MR) is 112 cm³/mol. The summed E-state index contributed by atoms with van der Waals surface area (Å²) in [6.07, 6.45) is 0. The topological polar surface area (TPSA) is 72.9 Å². The van der Waals surface area contributed by atoms with Gasteiger partial charge in [0.05, 0.1) is 24.2 Å². The van der Waals surface area contributed by atoms with Gasteiger partial charge in [0, 0.05) is 13.6 Å². The van der Waals surface area contributed by atoms with E-state index in [0.717, 1.165) is 22.1 Å². The van der Waals surface area contributed by atoms with Crippen molar-refractivity contribution in [3.8, 4) is 5.75 Å². The van der Waals surface area contributed by atoms with Crippen molar-refractivity contribution in [3.05, 3.63) is 71.8 Å². The lowest BCUT2D eigenvalue weighted by atomic mass is 10.1. The van der Waals surface area contributed by atoms with Gasteiger partial charge in [-0.3, -0.25) is 0 Å². The summed E-state index contributed by atoms with van der Waals surface area (Å²) in [5.41, 5.74) is 1.19. The molecule has 152 valence electrons. The van der Waals surface area contributed by atoms with Crippen molar-refractivity contribution in [1.29, 1.82) is 0 Å². The van der Waals surface area contributed by atoms with E-state index >= 15 is 0 Å². The summed E-state index contributed by atoms with van der Waals surface area (Å²) in [5.74, 6) is 0.300. The van der Waals surface area contributed by atoms with Crippen LogP contribution in [0.5, 0.6) is 5.75 Å². The maximum atomic E-state index is 12.9. The second kappa shape index (κ2) is 8.63. The average molecular weight is 413 g/mol. The number of carbonyl (C=O) groups excluding carboxylic acids is 1. The van der Waals surface area contributed by atoms with E-state index in [1.807, 2.05) is 36.4 Å². The zero-order valence-electron chi connectivity index (χ0n) is 16.6. The lowest BCUT2D eigenvalue weighted by Gasteiger charge is -2.18. The fraction of sp³-hybridized carbons (Fsp3) is 0.227. The van der Waals surface area contributed by atoms with Crippen LogP contribution in [-0.4, -0.2) is 39.5 Å². The Morgan fingerprint density at radius 2 is 1.62 bits per heavy atom. The van der Waals surface area contributed by atoms with Gasteiger partial charge in [-0.1, -0.05) is 18.2 Å². The molecule has 0 spiro atoms. The van der Waals surface area contributed by atoms with Crippen molar-refractivity contribution in [1.82, 2.24) is 4.31 Å². The Bertz CT molecular complexity index is 1120. The number of hydrogen-bond donors (Lipinski definition) is 0. The molecule has 0 aromatic heterocycles. The van der Waals surface area contributed by atoms with Gasteiger partial charge in [-0.15, -0.1) is 0 Å². The molecule has 0 saturated heterocycles. The molecule has 3 aromatic carbocycles. The molecule has 0 radical (unpaired) electrons. The monoisotopic (exact) mass is 413 g/mol. The maximum absolute atomic E-state index is 12.9. The van der Waals surface area contributed by atoms with E-state index in [9.17, 15) is 13.2 Å². The molecule has 0 saturated carbocycles. The van der Waals surface area contributed by atoms with Crippen molar-refractivity contribution in [2.24, 2.45) is 0 Å². The van der Waals surface area contributed by atoms with Crippen molar-refractivity contribution in [2.75, 3.05) is 20.8 Å².